The van der Waals surface area contributed by atoms with Gasteiger partial charge in [-0.1, -0.05) is 29.4 Å². The van der Waals surface area contributed by atoms with Crippen LogP contribution in [0.25, 0.3) is 11.3 Å². The first-order chi connectivity index (χ1) is 10.9. The van der Waals surface area contributed by atoms with Crippen LogP contribution < -0.4 is 5.32 Å². The second kappa shape index (κ2) is 5.65. The summed E-state index contributed by atoms with van der Waals surface area (Å²) in [7, 11) is 0. The van der Waals surface area contributed by atoms with Crippen molar-refractivity contribution in [3.05, 3.63) is 47.3 Å². The molecular formula is C17H20N4O. The van der Waals surface area contributed by atoms with Gasteiger partial charge in [-0.2, -0.15) is 4.91 Å². The van der Waals surface area contributed by atoms with Crippen molar-refractivity contribution < 1.29 is 0 Å². The fourth-order valence-corrected chi connectivity index (χ4v) is 3.95. The number of rotatable bonds is 4. The van der Waals surface area contributed by atoms with Crippen LogP contribution in [0.15, 0.2) is 42.0 Å². The van der Waals surface area contributed by atoms with Crippen LogP contribution in [-0.4, -0.2) is 28.7 Å². The zero-order chi connectivity index (χ0) is 14.9. The third kappa shape index (κ3) is 2.16. The SMILES string of the molecule is O=NC(CC1c2ccccc2-c2cncn21)C1CCNCC1. The molecule has 22 heavy (non-hydrogen) atoms. The summed E-state index contributed by atoms with van der Waals surface area (Å²) >= 11 is 0. The Balaban J connectivity index is 1.63. The molecule has 2 aromatic rings. The largest absolute Gasteiger partial charge is 0.323 e. The van der Waals surface area contributed by atoms with E-state index in [1.807, 2.05) is 12.5 Å². The van der Waals surface area contributed by atoms with E-state index >= 15 is 0 Å². The van der Waals surface area contributed by atoms with Gasteiger partial charge in [0.1, 0.15) is 0 Å². The van der Waals surface area contributed by atoms with Crippen molar-refractivity contribution in [2.75, 3.05) is 13.1 Å². The molecule has 2 aliphatic rings. The van der Waals surface area contributed by atoms with E-state index in [0.717, 1.165) is 38.0 Å². The lowest BCUT2D eigenvalue weighted by Gasteiger charge is -2.28. The quantitative estimate of drug-likeness (QED) is 0.882. The van der Waals surface area contributed by atoms with Gasteiger partial charge in [-0.15, -0.1) is 0 Å². The lowest BCUT2D eigenvalue weighted by Crippen LogP contribution is -2.34. The molecule has 1 aromatic heterocycles. The minimum atomic E-state index is -0.117. The Bertz CT molecular complexity index is 675. The summed E-state index contributed by atoms with van der Waals surface area (Å²) in [5, 5.41) is 6.85. The molecular weight excluding hydrogens is 276 g/mol. The van der Waals surface area contributed by atoms with Crippen molar-refractivity contribution in [2.45, 2.75) is 31.3 Å². The molecule has 5 heteroatoms. The van der Waals surface area contributed by atoms with Crippen LogP contribution in [0.5, 0.6) is 0 Å². The van der Waals surface area contributed by atoms with Gasteiger partial charge in [0.25, 0.3) is 0 Å². The van der Waals surface area contributed by atoms with E-state index in [9.17, 15) is 4.91 Å². The minimum Gasteiger partial charge on any atom is -0.323 e. The predicted octanol–water partition coefficient (Wildman–Crippen LogP) is 2.98. The van der Waals surface area contributed by atoms with E-state index in [1.165, 1.54) is 11.1 Å². The van der Waals surface area contributed by atoms with Gasteiger partial charge in [-0.3, -0.25) is 0 Å². The molecule has 2 atom stereocenters. The number of benzene rings is 1. The number of fused-ring (bicyclic) bond motifs is 3. The molecule has 4 rings (SSSR count). The van der Waals surface area contributed by atoms with Gasteiger partial charge >= 0.3 is 0 Å². The number of nitrogens with one attached hydrogen (secondary N) is 1. The number of nitroso groups, excluding NO2 is 1. The molecule has 0 bridgehead atoms. The first-order valence-electron chi connectivity index (χ1n) is 8.03. The molecule has 0 spiro atoms. The highest BCUT2D eigenvalue weighted by Crippen LogP contribution is 2.42. The Morgan fingerprint density at radius 3 is 2.95 bits per heavy atom. The second-order valence-electron chi connectivity index (χ2n) is 6.29. The maximum Gasteiger partial charge on any atom is 0.0971 e. The van der Waals surface area contributed by atoms with Gasteiger partial charge in [0.15, 0.2) is 0 Å². The van der Waals surface area contributed by atoms with Crippen molar-refractivity contribution in [3.63, 3.8) is 0 Å². The number of hydrogen-bond donors (Lipinski definition) is 1. The Labute approximate surface area is 129 Å². The fourth-order valence-electron chi connectivity index (χ4n) is 3.95. The van der Waals surface area contributed by atoms with Gasteiger partial charge < -0.3 is 9.88 Å². The van der Waals surface area contributed by atoms with Crippen LogP contribution in [0.3, 0.4) is 0 Å². The number of hydrogen-bond acceptors (Lipinski definition) is 4. The average molecular weight is 296 g/mol. The van der Waals surface area contributed by atoms with Gasteiger partial charge in [-0.05, 0) is 43.8 Å². The summed E-state index contributed by atoms with van der Waals surface area (Å²) in [5.74, 6) is 0.401. The summed E-state index contributed by atoms with van der Waals surface area (Å²) in [6.07, 6.45) is 6.65. The van der Waals surface area contributed by atoms with Crippen molar-refractivity contribution in [1.29, 1.82) is 0 Å². The van der Waals surface area contributed by atoms with E-state index in [4.69, 9.17) is 0 Å². The first kappa shape index (κ1) is 13.6. The maximum absolute atomic E-state index is 11.5. The molecule has 0 aliphatic carbocycles. The fraction of sp³-hybridized carbons (Fsp3) is 0.471. The summed E-state index contributed by atoms with van der Waals surface area (Å²) in [5.41, 5.74) is 3.68. The Morgan fingerprint density at radius 2 is 2.14 bits per heavy atom. The van der Waals surface area contributed by atoms with E-state index in [-0.39, 0.29) is 12.1 Å². The maximum atomic E-state index is 11.5. The van der Waals surface area contributed by atoms with E-state index in [0.29, 0.717) is 5.92 Å². The topological polar surface area (TPSA) is 59.3 Å². The van der Waals surface area contributed by atoms with Crippen molar-refractivity contribution in [1.82, 2.24) is 14.9 Å². The molecule has 1 N–H and O–H groups in total. The standard InChI is InChI=1S/C17H20N4O/c22-20-15(12-5-7-18-8-6-12)9-16-13-3-1-2-4-14(13)17-10-19-11-21(16)17/h1-4,10-12,15-16,18H,5-9H2. The number of aromatic nitrogens is 2. The third-order valence-corrected chi connectivity index (χ3v) is 5.13. The Morgan fingerprint density at radius 1 is 1.32 bits per heavy atom. The van der Waals surface area contributed by atoms with E-state index in [1.54, 1.807) is 0 Å². The normalized spacial score (nSPS) is 22.1. The van der Waals surface area contributed by atoms with Gasteiger partial charge in [-0.25, -0.2) is 4.98 Å². The molecule has 0 radical (unpaired) electrons. The van der Waals surface area contributed by atoms with Crippen LogP contribution in [0.2, 0.25) is 0 Å². The minimum absolute atomic E-state index is 0.117. The lowest BCUT2D eigenvalue weighted by atomic mass is 9.85. The summed E-state index contributed by atoms with van der Waals surface area (Å²) < 4.78 is 2.20. The zero-order valence-electron chi connectivity index (χ0n) is 12.5. The van der Waals surface area contributed by atoms with Crippen LogP contribution in [0.4, 0.5) is 0 Å². The van der Waals surface area contributed by atoms with E-state index < -0.39 is 0 Å². The summed E-state index contributed by atoms with van der Waals surface area (Å²) in [6, 6.07) is 8.49. The van der Waals surface area contributed by atoms with Crippen molar-refractivity contribution in [3.8, 4) is 11.3 Å². The monoisotopic (exact) mass is 296 g/mol. The molecule has 114 valence electrons. The molecule has 1 aromatic carbocycles. The van der Waals surface area contributed by atoms with Crippen LogP contribution in [0, 0.1) is 10.8 Å². The zero-order valence-corrected chi connectivity index (χ0v) is 12.5. The van der Waals surface area contributed by atoms with Gasteiger partial charge in [0.2, 0.25) is 0 Å². The smallest absolute Gasteiger partial charge is 0.0971 e. The van der Waals surface area contributed by atoms with E-state index in [2.05, 4.69) is 44.3 Å². The van der Waals surface area contributed by atoms with Crippen molar-refractivity contribution >= 4 is 0 Å². The molecule has 1 fully saturated rings. The number of piperidine rings is 1. The molecule has 5 nitrogen and oxygen atoms in total. The highest BCUT2D eigenvalue weighted by Gasteiger charge is 2.33. The molecule has 2 aliphatic heterocycles. The summed E-state index contributed by atoms with van der Waals surface area (Å²) in [4.78, 5) is 15.7. The first-order valence-corrected chi connectivity index (χ1v) is 8.03. The summed E-state index contributed by atoms with van der Waals surface area (Å²) in [6.45, 7) is 1.99. The molecule has 1 saturated heterocycles. The Hall–Kier alpha value is -2.01. The molecule has 0 amide bonds. The predicted molar refractivity (Wildman–Crippen MR) is 85.6 cm³/mol. The average Bonchev–Trinajstić information content (AvgIpc) is 3.15. The highest BCUT2D eigenvalue weighted by atomic mass is 16.3. The highest BCUT2D eigenvalue weighted by molar-refractivity contribution is 5.68. The van der Waals surface area contributed by atoms with Gasteiger partial charge in [0.05, 0.1) is 30.3 Å². The number of nitrogens with zero attached hydrogens (tertiary/aromatic N) is 3. The lowest BCUT2D eigenvalue weighted by molar-refractivity contribution is 0.291. The molecule has 2 unspecified atom stereocenters. The van der Waals surface area contributed by atoms with Crippen molar-refractivity contribution in [2.24, 2.45) is 11.1 Å². The third-order valence-electron chi connectivity index (χ3n) is 5.13. The van der Waals surface area contributed by atoms with Crippen LogP contribution >= 0.6 is 0 Å². The molecule has 0 saturated carbocycles. The van der Waals surface area contributed by atoms with Crippen LogP contribution in [0.1, 0.15) is 30.9 Å². The molecule has 3 heterocycles. The number of imidazole rings is 1. The van der Waals surface area contributed by atoms with Gasteiger partial charge in [0, 0.05) is 5.56 Å². The van der Waals surface area contributed by atoms with Crippen LogP contribution in [-0.2, 0) is 0 Å². The second-order valence-corrected chi connectivity index (χ2v) is 6.29. The Kier molecular flexibility index (Phi) is 3.50.